The molecular weight excluding hydrogens is 498 g/mol. The van der Waals surface area contributed by atoms with Crippen LogP contribution >= 0.6 is 11.8 Å². The van der Waals surface area contributed by atoms with Crippen molar-refractivity contribution in [2.45, 2.75) is 61.5 Å². The molecule has 0 radical (unpaired) electrons. The molecule has 0 spiro atoms. The molecule has 5 atom stereocenters. The highest BCUT2D eigenvalue weighted by Gasteiger charge is 2.71. The molecule has 1 aliphatic heterocycles. The Morgan fingerprint density at radius 3 is 1.68 bits per heavy atom. The number of benzene rings is 3. The van der Waals surface area contributed by atoms with Crippen LogP contribution in [0.4, 0.5) is 0 Å². The summed E-state index contributed by atoms with van der Waals surface area (Å²) >= 11 is 1.38. The number of aliphatic hydroxyl groups is 3. The predicted molar refractivity (Wildman–Crippen MR) is 151 cm³/mol. The molecule has 0 aromatic heterocycles. The van der Waals surface area contributed by atoms with E-state index in [0.29, 0.717) is 5.75 Å². The summed E-state index contributed by atoms with van der Waals surface area (Å²) in [4.78, 5) is 11.9. The normalized spacial score (nSPS) is 29.1. The fourth-order valence-electron chi connectivity index (χ4n) is 5.49. The number of hydrogen-bond acceptors (Lipinski definition) is 6. The van der Waals surface area contributed by atoms with Crippen molar-refractivity contribution >= 4 is 17.7 Å². The molecule has 4 N–H and O–H groups in total. The van der Waals surface area contributed by atoms with Gasteiger partial charge in [-0.2, -0.15) is 0 Å². The Labute approximate surface area is 229 Å². The van der Waals surface area contributed by atoms with E-state index in [2.05, 4.69) is 5.32 Å². The molecule has 38 heavy (non-hydrogen) atoms. The minimum atomic E-state index is -2.05. The lowest BCUT2D eigenvalue weighted by molar-refractivity contribution is -0.337. The van der Waals surface area contributed by atoms with Crippen molar-refractivity contribution in [3.05, 3.63) is 108 Å². The SMILES string of the molecule is CCS[C@@H]1O[C@H](CNC(C)=O)[C@](O)(Cc2ccccc2)[C@@](O)(Cc2ccccc2)[C@]1(O)Cc1ccccc1. The Hall–Kier alpha value is -2.68. The molecule has 1 fully saturated rings. The third-order valence-electron chi connectivity index (χ3n) is 7.43. The summed E-state index contributed by atoms with van der Waals surface area (Å²) in [6, 6.07) is 28.2. The molecule has 7 heteroatoms. The largest absolute Gasteiger partial charge is 0.384 e. The van der Waals surface area contributed by atoms with Gasteiger partial charge in [0.05, 0.1) is 0 Å². The van der Waals surface area contributed by atoms with Crippen LogP contribution in [-0.4, -0.2) is 61.9 Å². The summed E-state index contributed by atoms with van der Waals surface area (Å²) in [5.74, 6) is 0.347. The first-order chi connectivity index (χ1) is 18.2. The van der Waals surface area contributed by atoms with Gasteiger partial charge in [0, 0.05) is 32.7 Å². The monoisotopic (exact) mass is 535 g/mol. The number of nitrogens with one attached hydrogen (secondary N) is 1. The van der Waals surface area contributed by atoms with Crippen molar-refractivity contribution in [3.8, 4) is 0 Å². The molecule has 3 aromatic rings. The van der Waals surface area contributed by atoms with E-state index >= 15 is 0 Å². The lowest BCUT2D eigenvalue weighted by Crippen LogP contribution is -2.82. The lowest BCUT2D eigenvalue weighted by Gasteiger charge is -2.61. The molecule has 202 valence electrons. The minimum absolute atomic E-state index is 0.0127. The number of thioether (sulfide) groups is 1. The molecule has 6 nitrogen and oxygen atoms in total. The van der Waals surface area contributed by atoms with Crippen LogP contribution in [0.3, 0.4) is 0 Å². The number of hydrogen-bond donors (Lipinski definition) is 4. The van der Waals surface area contributed by atoms with Crippen LogP contribution in [0.25, 0.3) is 0 Å². The van der Waals surface area contributed by atoms with Crippen molar-refractivity contribution in [2.24, 2.45) is 0 Å². The van der Waals surface area contributed by atoms with Gasteiger partial charge in [0.2, 0.25) is 5.91 Å². The first-order valence-electron chi connectivity index (χ1n) is 13.0. The van der Waals surface area contributed by atoms with Gasteiger partial charge in [0.15, 0.2) is 0 Å². The Kier molecular flexibility index (Phi) is 8.96. The maximum atomic E-state index is 12.9. The van der Waals surface area contributed by atoms with Crippen LogP contribution in [0.1, 0.15) is 30.5 Å². The van der Waals surface area contributed by atoms with Crippen molar-refractivity contribution in [2.75, 3.05) is 12.3 Å². The summed E-state index contributed by atoms with van der Waals surface area (Å²) in [6.07, 6.45) is -0.914. The van der Waals surface area contributed by atoms with Gasteiger partial charge >= 0.3 is 0 Å². The maximum absolute atomic E-state index is 12.9. The molecule has 1 aliphatic rings. The fraction of sp³-hybridized carbons (Fsp3) is 0.387. The smallest absolute Gasteiger partial charge is 0.216 e. The van der Waals surface area contributed by atoms with Gasteiger partial charge in [0.25, 0.3) is 0 Å². The van der Waals surface area contributed by atoms with E-state index in [1.807, 2.05) is 97.9 Å². The van der Waals surface area contributed by atoms with E-state index in [4.69, 9.17) is 4.74 Å². The first-order valence-corrected chi connectivity index (χ1v) is 14.1. The molecule has 1 amide bonds. The molecule has 0 saturated carbocycles. The van der Waals surface area contributed by atoms with Gasteiger partial charge in [-0.3, -0.25) is 4.79 Å². The fourth-order valence-corrected chi connectivity index (χ4v) is 6.56. The zero-order chi connectivity index (χ0) is 27.2. The van der Waals surface area contributed by atoms with Crippen LogP contribution in [-0.2, 0) is 28.8 Å². The van der Waals surface area contributed by atoms with Crippen LogP contribution in [0.5, 0.6) is 0 Å². The van der Waals surface area contributed by atoms with Crippen LogP contribution in [0, 0.1) is 0 Å². The first kappa shape index (κ1) is 28.3. The van der Waals surface area contributed by atoms with E-state index in [9.17, 15) is 20.1 Å². The average molecular weight is 536 g/mol. The number of carbonyl (C=O) groups is 1. The van der Waals surface area contributed by atoms with Gasteiger partial charge in [-0.05, 0) is 22.4 Å². The molecule has 0 unspecified atom stereocenters. The van der Waals surface area contributed by atoms with Gasteiger partial charge in [-0.25, -0.2) is 0 Å². The highest BCUT2D eigenvalue weighted by atomic mass is 32.2. The summed E-state index contributed by atoms with van der Waals surface area (Å²) in [6.45, 7) is 3.35. The second-order valence-corrected chi connectivity index (χ2v) is 11.4. The number of ether oxygens (including phenoxy) is 1. The highest BCUT2D eigenvalue weighted by molar-refractivity contribution is 7.99. The van der Waals surface area contributed by atoms with Crippen molar-refractivity contribution in [1.29, 1.82) is 0 Å². The molecule has 1 saturated heterocycles. The highest BCUT2D eigenvalue weighted by Crippen LogP contribution is 2.51. The Bertz CT molecular complexity index is 1180. The summed E-state index contributed by atoms with van der Waals surface area (Å²) in [5, 5.41) is 41.0. The Morgan fingerprint density at radius 1 is 0.789 bits per heavy atom. The number of rotatable bonds is 10. The van der Waals surface area contributed by atoms with E-state index in [-0.39, 0.29) is 31.7 Å². The standard InChI is InChI=1S/C31H37NO5S/c1-3-38-28-30(35,20-25-15-9-5-10-16-25)31(36,21-26-17-11-6-12-18-26)29(34,19-24-13-7-4-8-14-24)27(37-28)22-32-23(2)33/h4-18,27-28,34-36H,3,19-22H2,1-2H3,(H,32,33)/t27-,28+,29-,30+,31+/m1/s1. The third-order valence-corrected chi connectivity index (χ3v) is 8.57. The van der Waals surface area contributed by atoms with Gasteiger partial charge in [-0.15, -0.1) is 11.8 Å². The lowest BCUT2D eigenvalue weighted by atomic mass is 9.60. The quantitative estimate of drug-likeness (QED) is 0.317. The molecular formula is C31H37NO5S. The molecule has 4 rings (SSSR count). The number of carbonyl (C=O) groups excluding carboxylic acids is 1. The van der Waals surface area contributed by atoms with Crippen molar-refractivity contribution < 1.29 is 24.9 Å². The van der Waals surface area contributed by atoms with Crippen LogP contribution < -0.4 is 5.32 Å². The predicted octanol–water partition coefficient (Wildman–Crippen LogP) is 3.52. The molecule has 0 aliphatic carbocycles. The van der Waals surface area contributed by atoms with Crippen LogP contribution in [0.15, 0.2) is 91.0 Å². The van der Waals surface area contributed by atoms with Gasteiger partial charge < -0.3 is 25.4 Å². The van der Waals surface area contributed by atoms with Gasteiger partial charge in [0.1, 0.15) is 28.3 Å². The average Bonchev–Trinajstić information content (AvgIpc) is 2.91. The second-order valence-electron chi connectivity index (χ2n) is 10.0. The summed E-state index contributed by atoms with van der Waals surface area (Å²) < 4.78 is 6.47. The Balaban J connectivity index is 1.91. The van der Waals surface area contributed by atoms with Crippen molar-refractivity contribution in [1.82, 2.24) is 5.32 Å². The molecule has 1 heterocycles. The third kappa shape index (κ3) is 5.67. The van der Waals surface area contributed by atoms with E-state index in [1.165, 1.54) is 18.7 Å². The topological polar surface area (TPSA) is 99.0 Å². The zero-order valence-electron chi connectivity index (χ0n) is 21.9. The zero-order valence-corrected chi connectivity index (χ0v) is 22.7. The summed E-state index contributed by atoms with van der Waals surface area (Å²) in [5.41, 5.74) is -4.39. The van der Waals surface area contributed by atoms with E-state index < -0.39 is 28.3 Å². The van der Waals surface area contributed by atoms with E-state index in [0.717, 1.165) is 16.7 Å². The molecule has 0 bridgehead atoms. The maximum Gasteiger partial charge on any atom is 0.216 e. The molecule has 3 aromatic carbocycles. The minimum Gasteiger partial charge on any atom is -0.384 e. The van der Waals surface area contributed by atoms with E-state index in [1.54, 1.807) is 0 Å². The Morgan fingerprint density at radius 2 is 1.24 bits per heavy atom. The second kappa shape index (κ2) is 12.0. The van der Waals surface area contributed by atoms with Gasteiger partial charge in [-0.1, -0.05) is 97.9 Å². The van der Waals surface area contributed by atoms with Crippen LogP contribution in [0.2, 0.25) is 0 Å². The number of amides is 1. The summed E-state index contributed by atoms with van der Waals surface area (Å²) in [7, 11) is 0. The van der Waals surface area contributed by atoms with Crippen molar-refractivity contribution in [3.63, 3.8) is 0 Å².